The predicted molar refractivity (Wildman–Crippen MR) is 97.9 cm³/mol. The molecule has 1 aromatic heterocycles. The number of rotatable bonds is 9. The summed E-state index contributed by atoms with van der Waals surface area (Å²) >= 11 is 4.41. The number of carbonyl (C=O) groups is 1. The molecule has 0 fully saturated rings. The highest BCUT2D eigenvalue weighted by atomic mass is 32.2. The summed E-state index contributed by atoms with van der Waals surface area (Å²) < 4.78 is 5.72. The number of nitrogens with one attached hydrogen (secondary N) is 2. The van der Waals surface area contributed by atoms with Crippen LogP contribution in [0.25, 0.3) is 0 Å². The van der Waals surface area contributed by atoms with E-state index in [1.54, 1.807) is 18.9 Å². The number of thioether (sulfide) groups is 2. The third-order valence-corrected chi connectivity index (χ3v) is 5.51. The van der Waals surface area contributed by atoms with Crippen LogP contribution in [0.1, 0.15) is 0 Å². The van der Waals surface area contributed by atoms with Crippen LogP contribution in [0.3, 0.4) is 0 Å². The molecule has 0 unspecified atom stereocenters. The predicted octanol–water partition coefficient (Wildman–Crippen LogP) is 3.05. The zero-order valence-corrected chi connectivity index (χ0v) is 15.3. The average molecular weight is 371 g/mol. The fourth-order valence-electron chi connectivity index (χ4n) is 1.66. The summed E-state index contributed by atoms with van der Waals surface area (Å²) in [5.74, 6) is 0.246. The molecule has 1 heterocycles. The SMILES string of the molecule is COCCNc1nnc(SCC(=O)Nc2ccccc2SC)s1. The highest BCUT2D eigenvalue weighted by molar-refractivity contribution is 8.01. The van der Waals surface area contributed by atoms with Crippen LogP contribution in [-0.2, 0) is 9.53 Å². The van der Waals surface area contributed by atoms with Crippen molar-refractivity contribution in [3.05, 3.63) is 24.3 Å². The number of amides is 1. The van der Waals surface area contributed by atoms with Gasteiger partial charge in [0.05, 0.1) is 18.0 Å². The molecule has 124 valence electrons. The van der Waals surface area contributed by atoms with E-state index in [0.717, 1.165) is 20.1 Å². The second-order valence-electron chi connectivity index (χ2n) is 4.33. The lowest BCUT2D eigenvalue weighted by molar-refractivity contribution is -0.113. The van der Waals surface area contributed by atoms with Gasteiger partial charge in [-0.25, -0.2) is 0 Å². The van der Waals surface area contributed by atoms with Crippen LogP contribution in [0, 0.1) is 0 Å². The Kier molecular flexibility index (Phi) is 7.66. The number of hydrogen-bond donors (Lipinski definition) is 2. The Morgan fingerprint density at radius 3 is 2.96 bits per heavy atom. The van der Waals surface area contributed by atoms with Crippen LogP contribution in [0.4, 0.5) is 10.8 Å². The first-order valence-corrected chi connectivity index (χ1v) is 9.87. The minimum Gasteiger partial charge on any atom is -0.383 e. The molecule has 0 bridgehead atoms. The number of nitrogens with zero attached hydrogens (tertiary/aromatic N) is 2. The van der Waals surface area contributed by atoms with E-state index in [1.807, 2.05) is 30.5 Å². The maximum Gasteiger partial charge on any atom is 0.234 e. The monoisotopic (exact) mass is 370 g/mol. The van der Waals surface area contributed by atoms with Gasteiger partial charge in [0.1, 0.15) is 0 Å². The topological polar surface area (TPSA) is 76.1 Å². The first-order chi connectivity index (χ1) is 11.2. The van der Waals surface area contributed by atoms with Crippen LogP contribution in [0.15, 0.2) is 33.5 Å². The molecule has 0 radical (unpaired) electrons. The fourth-order valence-corrected chi connectivity index (χ4v) is 3.79. The van der Waals surface area contributed by atoms with E-state index in [-0.39, 0.29) is 5.91 Å². The molecule has 0 atom stereocenters. The zero-order chi connectivity index (χ0) is 16.5. The quantitative estimate of drug-likeness (QED) is 0.519. The maximum atomic E-state index is 12.1. The molecule has 9 heteroatoms. The molecule has 0 aliphatic rings. The number of para-hydroxylation sites is 1. The smallest absolute Gasteiger partial charge is 0.234 e. The average Bonchev–Trinajstić information content (AvgIpc) is 3.02. The molecule has 23 heavy (non-hydrogen) atoms. The highest BCUT2D eigenvalue weighted by Gasteiger charge is 2.09. The maximum absolute atomic E-state index is 12.1. The summed E-state index contributed by atoms with van der Waals surface area (Å²) in [4.78, 5) is 13.1. The summed E-state index contributed by atoms with van der Waals surface area (Å²) in [6.45, 7) is 1.29. The second kappa shape index (κ2) is 9.76. The Labute approximate surface area is 147 Å². The Morgan fingerprint density at radius 2 is 2.17 bits per heavy atom. The summed E-state index contributed by atoms with van der Waals surface area (Å²) in [5, 5.41) is 14.8. The summed E-state index contributed by atoms with van der Waals surface area (Å²) in [6.07, 6.45) is 1.99. The Balaban J connectivity index is 1.80. The largest absolute Gasteiger partial charge is 0.383 e. The van der Waals surface area contributed by atoms with Crippen LogP contribution >= 0.6 is 34.9 Å². The summed E-state index contributed by atoms with van der Waals surface area (Å²) in [6, 6.07) is 7.74. The normalized spacial score (nSPS) is 10.5. The lowest BCUT2D eigenvalue weighted by Gasteiger charge is -2.08. The molecular formula is C14H18N4O2S3. The lowest BCUT2D eigenvalue weighted by atomic mass is 10.3. The molecule has 2 rings (SSSR count). The number of hydrogen-bond acceptors (Lipinski definition) is 8. The van der Waals surface area contributed by atoms with Crippen molar-refractivity contribution in [2.24, 2.45) is 0 Å². The van der Waals surface area contributed by atoms with Gasteiger partial charge < -0.3 is 15.4 Å². The molecule has 0 spiro atoms. The van der Waals surface area contributed by atoms with Crippen molar-refractivity contribution in [1.29, 1.82) is 0 Å². The van der Waals surface area contributed by atoms with E-state index in [4.69, 9.17) is 4.74 Å². The zero-order valence-electron chi connectivity index (χ0n) is 12.9. The summed E-state index contributed by atoms with van der Waals surface area (Å²) in [5.41, 5.74) is 0.838. The first-order valence-electron chi connectivity index (χ1n) is 6.85. The van der Waals surface area contributed by atoms with Crippen molar-refractivity contribution in [3.63, 3.8) is 0 Å². The third-order valence-electron chi connectivity index (χ3n) is 2.70. The number of benzene rings is 1. The first kappa shape index (κ1) is 18.1. The van der Waals surface area contributed by atoms with Gasteiger partial charge in [-0.3, -0.25) is 4.79 Å². The number of aromatic nitrogens is 2. The van der Waals surface area contributed by atoms with E-state index in [2.05, 4.69) is 20.8 Å². The van der Waals surface area contributed by atoms with Gasteiger partial charge in [0.25, 0.3) is 0 Å². The Bertz CT molecular complexity index is 636. The van der Waals surface area contributed by atoms with Crippen molar-refractivity contribution in [3.8, 4) is 0 Å². The number of anilines is 2. The lowest BCUT2D eigenvalue weighted by Crippen LogP contribution is -2.14. The van der Waals surface area contributed by atoms with Crippen molar-refractivity contribution in [1.82, 2.24) is 10.2 Å². The molecule has 1 amide bonds. The van der Waals surface area contributed by atoms with Gasteiger partial charge >= 0.3 is 0 Å². The molecule has 1 aromatic carbocycles. The Hall–Kier alpha value is -1.29. The van der Waals surface area contributed by atoms with E-state index in [9.17, 15) is 4.79 Å². The van der Waals surface area contributed by atoms with Crippen molar-refractivity contribution >= 4 is 51.6 Å². The Morgan fingerprint density at radius 1 is 1.35 bits per heavy atom. The molecule has 0 aliphatic carbocycles. The van der Waals surface area contributed by atoms with Crippen molar-refractivity contribution < 1.29 is 9.53 Å². The molecule has 0 saturated carbocycles. The molecule has 0 saturated heterocycles. The van der Waals surface area contributed by atoms with Crippen LogP contribution in [0.2, 0.25) is 0 Å². The van der Waals surface area contributed by atoms with Gasteiger partial charge in [0, 0.05) is 18.6 Å². The van der Waals surface area contributed by atoms with E-state index in [0.29, 0.717) is 18.9 Å². The van der Waals surface area contributed by atoms with Crippen LogP contribution in [-0.4, -0.2) is 48.4 Å². The molecule has 2 aromatic rings. The highest BCUT2D eigenvalue weighted by Crippen LogP contribution is 2.27. The van der Waals surface area contributed by atoms with Crippen LogP contribution < -0.4 is 10.6 Å². The summed E-state index contributed by atoms with van der Waals surface area (Å²) in [7, 11) is 1.65. The van der Waals surface area contributed by atoms with Gasteiger partial charge in [-0.1, -0.05) is 35.2 Å². The van der Waals surface area contributed by atoms with Crippen LogP contribution in [0.5, 0.6) is 0 Å². The second-order valence-corrected chi connectivity index (χ2v) is 7.38. The van der Waals surface area contributed by atoms with Gasteiger partial charge in [-0.05, 0) is 18.4 Å². The fraction of sp³-hybridized carbons (Fsp3) is 0.357. The molecular weight excluding hydrogens is 352 g/mol. The number of ether oxygens (including phenoxy) is 1. The third kappa shape index (κ3) is 6.02. The number of methoxy groups -OCH3 is 1. The van der Waals surface area contributed by atoms with Crippen molar-refractivity contribution in [2.75, 3.05) is 42.9 Å². The van der Waals surface area contributed by atoms with E-state index >= 15 is 0 Å². The standard InChI is InChI=1S/C14H18N4O2S3/c1-20-8-7-15-13-17-18-14(23-13)22-9-12(19)16-10-5-3-4-6-11(10)21-2/h3-6H,7-9H2,1-2H3,(H,15,17)(H,16,19). The van der Waals surface area contributed by atoms with E-state index < -0.39 is 0 Å². The number of carbonyl (C=O) groups excluding carboxylic acids is 1. The molecule has 0 aliphatic heterocycles. The minimum atomic E-state index is -0.0550. The molecule has 2 N–H and O–H groups in total. The molecule has 6 nitrogen and oxygen atoms in total. The van der Waals surface area contributed by atoms with Crippen molar-refractivity contribution in [2.45, 2.75) is 9.24 Å². The van der Waals surface area contributed by atoms with E-state index in [1.165, 1.54) is 23.1 Å². The van der Waals surface area contributed by atoms with Gasteiger partial charge in [-0.15, -0.1) is 22.0 Å². The van der Waals surface area contributed by atoms with Gasteiger partial charge in [0.2, 0.25) is 11.0 Å². The minimum absolute atomic E-state index is 0.0550. The van der Waals surface area contributed by atoms with Gasteiger partial charge in [-0.2, -0.15) is 0 Å². The van der Waals surface area contributed by atoms with Gasteiger partial charge in [0.15, 0.2) is 4.34 Å².